The van der Waals surface area contributed by atoms with Gasteiger partial charge in [0.1, 0.15) is 5.75 Å². The average Bonchev–Trinajstić information content (AvgIpc) is 2.60. The van der Waals surface area contributed by atoms with Crippen molar-refractivity contribution in [3.8, 4) is 5.75 Å². The number of benzene rings is 1. The molecule has 1 aromatic rings. The molecule has 0 unspecified atom stereocenters. The number of nitrogens with one attached hydrogen (secondary N) is 1. The fourth-order valence-electron chi connectivity index (χ4n) is 2.96. The smallest absolute Gasteiger partial charge is 0.317 e. The van der Waals surface area contributed by atoms with Gasteiger partial charge in [-0.2, -0.15) is 0 Å². The summed E-state index contributed by atoms with van der Waals surface area (Å²) in [5.74, 6) is 0.289. The van der Waals surface area contributed by atoms with Crippen molar-refractivity contribution in [1.29, 1.82) is 0 Å². The SMILES string of the molecule is Cc1ccc(CNC(=O)N2CCC(C(=O)O)CC2)c(OCCC(C)C)c1. The number of carbonyl (C=O) groups is 2. The van der Waals surface area contributed by atoms with Gasteiger partial charge in [-0.25, -0.2) is 4.79 Å². The van der Waals surface area contributed by atoms with E-state index in [4.69, 9.17) is 9.84 Å². The van der Waals surface area contributed by atoms with E-state index in [0.29, 0.717) is 45.0 Å². The van der Waals surface area contributed by atoms with Gasteiger partial charge in [-0.1, -0.05) is 26.0 Å². The lowest BCUT2D eigenvalue weighted by Gasteiger charge is -2.30. The van der Waals surface area contributed by atoms with E-state index in [2.05, 4.69) is 19.2 Å². The first kappa shape index (κ1) is 20.1. The Morgan fingerprint density at radius 2 is 2.00 bits per heavy atom. The van der Waals surface area contributed by atoms with E-state index in [1.54, 1.807) is 4.90 Å². The van der Waals surface area contributed by atoms with Crippen LogP contribution in [-0.2, 0) is 11.3 Å². The Morgan fingerprint density at radius 1 is 1.31 bits per heavy atom. The van der Waals surface area contributed by atoms with Gasteiger partial charge in [0.15, 0.2) is 0 Å². The lowest BCUT2D eigenvalue weighted by molar-refractivity contribution is -0.143. The monoisotopic (exact) mass is 362 g/mol. The Labute approximate surface area is 155 Å². The topological polar surface area (TPSA) is 78.9 Å². The molecule has 1 saturated heterocycles. The fourth-order valence-corrected chi connectivity index (χ4v) is 2.96. The minimum absolute atomic E-state index is 0.150. The summed E-state index contributed by atoms with van der Waals surface area (Å²) in [6.45, 7) is 8.36. The van der Waals surface area contributed by atoms with Crippen molar-refractivity contribution in [3.63, 3.8) is 0 Å². The molecule has 6 nitrogen and oxygen atoms in total. The highest BCUT2D eigenvalue weighted by Gasteiger charge is 2.26. The normalized spacial score (nSPS) is 15.2. The van der Waals surface area contributed by atoms with Crippen LogP contribution in [0.1, 0.15) is 44.2 Å². The summed E-state index contributed by atoms with van der Waals surface area (Å²) in [6.07, 6.45) is 2.01. The molecule has 26 heavy (non-hydrogen) atoms. The number of amides is 2. The molecule has 0 aromatic heterocycles. The second kappa shape index (κ2) is 9.46. The van der Waals surface area contributed by atoms with Gasteiger partial charge in [0, 0.05) is 25.2 Å². The quantitative estimate of drug-likeness (QED) is 0.779. The molecule has 0 saturated carbocycles. The molecule has 1 fully saturated rings. The Morgan fingerprint density at radius 3 is 2.62 bits per heavy atom. The molecule has 0 atom stereocenters. The first-order valence-corrected chi connectivity index (χ1v) is 9.34. The van der Waals surface area contributed by atoms with Crippen molar-refractivity contribution in [2.24, 2.45) is 11.8 Å². The molecule has 0 bridgehead atoms. The zero-order valence-electron chi connectivity index (χ0n) is 16.0. The molecule has 2 amide bonds. The van der Waals surface area contributed by atoms with Crippen LogP contribution in [0.4, 0.5) is 4.79 Å². The fraction of sp³-hybridized carbons (Fsp3) is 0.600. The van der Waals surface area contributed by atoms with Crippen LogP contribution in [0.5, 0.6) is 5.75 Å². The van der Waals surface area contributed by atoms with E-state index >= 15 is 0 Å². The van der Waals surface area contributed by atoms with E-state index in [0.717, 1.165) is 23.3 Å². The number of ether oxygens (including phenoxy) is 1. The number of carboxylic acids is 1. The largest absolute Gasteiger partial charge is 0.493 e. The molecule has 0 radical (unpaired) electrons. The summed E-state index contributed by atoms with van der Waals surface area (Å²) in [6, 6.07) is 5.84. The predicted molar refractivity (Wildman–Crippen MR) is 100 cm³/mol. The van der Waals surface area contributed by atoms with Gasteiger partial charge in [0.25, 0.3) is 0 Å². The van der Waals surface area contributed by atoms with E-state index < -0.39 is 5.97 Å². The number of urea groups is 1. The third-order valence-electron chi connectivity index (χ3n) is 4.74. The zero-order chi connectivity index (χ0) is 19.1. The highest BCUT2D eigenvalue weighted by molar-refractivity contribution is 5.75. The number of aliphatic carboxylic acids is 1. The number of piperidine rings is 1. The second-order valence-electron chi connectivity index (χ2n) is 7.40. The highest BCUT2D eigenvalue weighted by atomic mass is 16.5. The Hall–Kier alpha value is -2.24. The molecule has 2 N–H and O–H groups in total. The maximum atomic E-state index is 12.4. The molecular formula is C20H30N2O4. The van der Waals surface area contributed by atoms with Gasteiger partial charge >= 0.3 is 12.0 Å². The molecular weight excluding hydrogens is 332 g/mol. The molecule has 0 aliphatic carbocycles. The minimum Gasteiger partial charge on any atom is -0.493 e. The number of aryl methyl sites for hydroxylation is 1. The van der Waals surface area contributed by atoms with E-state index in [-0.39, 0.29) is 11.9 Å². The third-order valence-corrected chi connectivity index (χ3v) is 4.74. The van der Waals surface area contributed by atoms with Crippen LogP contribution in [0.15, 0.2) is 18.2 Å². The van der Waals surface area contributed by atoms with Crippen molar-refractivity contribution in [2.75, 3.05) is 19.7 Å². The Kier molecular flexibility index (Phi) is 7.30. The molecule has 6 heteroatoms. The number of hydrogen-bond acceptors (Lipinski definition) is 3. The van der Waals surface area contributed by atoms with Gasteiger partial charge in [0.05, 0.1) is 12.5 Å². The number of rotatable bonds is 7. The predicted octanol–water partition coefficient (Wildman–Crippen LogP) is 3.43. The Bertz CT molecular complexity index is 622. The number of hydrogen-bond donors (Lipinski definition) is 2. The number of carboxylic acid groups (broad SMARTS) is 1. The zero-order valence-corrected chi connectivity index (χ0v) is 16.0. The summed E-state index contributed by atoms with van der Waals surface area (Å²) in [5.41, 5.74) is 2.07. The van der Waals surface area contributed by atoms with Gasteiger partial charge in [-0.05, 0) is 43.7 Å². The summed E-state index contributed by atoms with van der Waals surface area (Å²) >= 11 is 0. The first-order chi connectivity index (χ1) is 12.4. The van der Waals surface area contributed by atoms with Crippen molar-refractivity contribution in [2.45, 2.75) is 46.6 Å². The summed E-state index contributed by atoms with van der Waals surface area (Å²) < 4.78 is 5.92. The van der Waals surface area contributed by atoms with Crippen LogP contribution >= 0.6 is 0 Å². The number of nitrogens with zero attached hydrogens (tertiary/aromatic N) is 1. The van der Waals surface area contributed by atoms with Crippen molar-refractivity contribution >= 4 is 12.0 Å². The summed E-state index contributed by atoms with van der Waals surface area (Å²) in [7, 11) is 0. The van der Waals surface area contributed by atoms with Gasteiger partial charge in [0.2, 0.25) is 0 Å². The van der Waals surface area contributed by atoms with E-state index in [1.807, 2.05) is 25.1 Å². The van der Waals surface area contributed by atoms with Crippen LogP contribution in [-0.4, -0.2) is 41.7 Å². The summed E-state index contributed by atoms with van der Waals surface area (Å²) in [4.78, 5) is 25.0. The van der Waals surface area contributed by atoms with Gasteiger partial charge < -0.3 is 20.1 Å². The molecule has 144 valence electrons. The van der Waals surface area contributed by atoms with Crippen molar-refractivity contribution < 1.29 is 19.4 Å². The van der Waals surface area contributed by atoms with Crippen LogP contribution in [0.2, 0.25) is 0 Å². The lowest BCUT2D eigenvalue weighted by atomic mass is 9.97. The van der Waals surface area contributed by atoms with Crippen LogP contribution in [0, 0.1) is 18.8 Å². The van der Waals surface area contributed by atoms with Crippen LogP contribution in [0.3, 0.4) is 0 Å². The van der Waals surface area contributed by atoms with E-state index in [1.165, 1.54) is 0 Å². The number of likely N-dealkylation sites (tertiary alicyclic amines) is 1. The molecule has 0 spiro atoms. The average molecular weight is 362 g/mol. The van der Waals surface area contributed by atoms with Crippen molar-refractivity contribution in [3.05, 3.63) is 29.3 Å². The van der Waals surface area contributed by atoms with Crippen LogP contribution < -0.4 is 10.1 Å². The highest BCUT2D eigenvalue weighted by Crippen LogP contribution is 2.22. The van der Waals surface area contributed by atoms with Crippen LogP contribution in [0.25, 0.3) is 0 Å². The third kappa shape index (κ3) is 5.93. The molecule has 2 rings (SSSR count). The molecule has 1 heterocycles. The molecule has 1 aromatic carbocycles. The maximum absolute atomic E-state index is 12.4. The molecule has 1 aliphatic heterocycles. The summed E-state index contributed by atoms with van der Waals surface area (Å²) in [5, 5.41) is 12.0. The lowest BCUT2D eigenvalue weighted by Crippen LogP contribution is -2.45. The van der Waals surface area contributed by atoms with Gasteiger partial charge in [-0.15, -0.1) is 0 Å². The Balaban J connectivity index is 1.88. The van der Waals surface area contributed by atoms with Crippen molar-refractivity contribution in [1.82, 2.24) is 10.2 Å². The van der Waals surface area contributed by atoms with Gasteiger partial charge in [-0.3, -0.25) is 4.79 Å². The minimum atomic E-state index is -0.770. The standard InChI is InChI=1S/C20H30N2O4/c1-14(2)8-11-26-18-12-15(3)4-5-17(18)13-21-20(25)22-9-6-16(7-10-22)19(23)24/h4-5,12,14,16H,6-11,13H2,1-3H3,(H,21,25)(H,23,24). The second-order valence-corrected chi connectivity index (χ2v) is 7.40. The number of carbonyl (C=O) groups excluding carboxylic acids is 1. The first-order valence-electron chi connectivity index (χ1n) is 9.34. The maximum Gasteiger partial charge on any atom is 0.317 e. The molecule has 1 aliphatic rings. The van der Waals surface area contributed by atoms with E-state index in [9.17, 15) is 9.59 Å².